The molecule has 1 rings (SSSR count). The number of carbonyl (C=O) groups is 1. The predicted molar refractivity (Wildman–Crippen MR) is 48.7 cm³/mol. The molecule has 8 heteroatoms. The number of aliphatic carboxylic acids is 1. The molecule has 0 spiro atoms. The van der Waals surface area contributed by atoms with Crippen molar-refractivity contribution in [1.82, 2.24) is 0 Å². The van der Waals surface area contributed by atoms with E-state index in [0.717, 1.165) is 6.92 Å². The van der Waals surface area contributed by atoms with Crippen LogP contribution < -0.4 is 0 Å². The minimum Gasteiger partial charge on any atom is -0.481 e. The van der Waals surface area contributed by atoms with E-state index in [9.17, 15) is 31.1 Å². The quantitative estimate of drug-likeness (QED) is 0.783. The van der Waals surface area contributed by atoms with Crippen molar-refractivity contribution in [3.05, 3.63) is 0 Å². The Bertz CT molecular complexity index is 344. The van der Waals surface area contributed by atoms with E-state index in [1.807, 2.05) is 0 Å². The van der Waals surface area contributed by atoms with Crippen molar-refractivity contribution < 1.29 is 36.2 Å². The lowest BCUT2D eigenvalue weighted by Gasteiger charge is -2.61. The largest absolute Gasteiger partial charge is 0.481 e. The van der Waals surface area contributed by atoms with Gasteiger partial charge in [-0.05, 0) is 18.3 Å². The van der Waals surface area contributed by atoms with E-state index in [2.05, 4.69) is 0 Å². The van der Waals surface area contributed by atoms with Crippen molar-refractivity contribution in [3.8, 4) is 0 Å². The SMILES string of the molecule is CCC1(C)CC(C(=O)O)C1(C(F)(F)F)C(F)(F)F. The first-order valence-electron chi connectivity index (χ1n) is 5.21. The minimum absolute atomic E-state index is 0.393. The van der Waals surface area contributed by atoms with Crippen LogP contribution >= 0.6 is 0 Å². The summed E-state index contributed by atoms with van der Waals surface area (Å²) in [6.07, 6.45) is -12.3. The van der Waals surface area contributed by atoms with E-state index in [1.165, 1.54) is 6.92 Å². The summed E-state index contributed by atoms with van der Waals surface area (Å²) in [6.45, 7) is 2.04. The summed E-state index contributed by atoms with van der Waals surface area (Å²) in [5.74, 6) is -4.53. The zero-order chi connectivity index (χ0) is 14.6. The van der Waals surface area contributed by atoms with Gasteiger partial charge < -0.3 is 5.11 Å². The number of carboxylic acids is 1. The molecule has 1 fully saturated rings. The van der Waals surface area contributed by atoms with Gasteiger partial charge in [0.25, 0.3) is 0 Å². The van der Waals surface area contributed by atoms with Gasteiger partial charge in [0.1, 0.15) is 0 Å². The maximum Gasteiger partial charge on any atom is 0.404 e. The minimum atomic E-state index is -5.64. The molecular weight excluding hydrogens is 266 g/mol. The van der Waals surface area contributed by atoms with Crippen LogP contribution in [0.15, 0.2) is 0 Å². The maximum atomic E-state index is 13.0. The van der Waals surface area contributed by atoms with Gasteiger partial charge in [-0.3, -0.25) is 4.79 Å². The second-order valence-corrected chi connectivity index (χ2v) is 4.81. The van der Waals surface area contributed by atoms with Gasteiger partial charge in [-0.25, -0.2) is 0 Å². The van der Waals surface area contributed by atoms with Crippen LogP contribution in [0.1, 0.15) is 26.7 Å². The van der Waals surface area contributed by atoms with Crippen LogP contribution in [0, 0.1) is 16.7 Å². The Labute approximate surface area is 99.0 Å². The van der Waals surface area contributed by atoms with E-state index >= 15 is 0 Å². The average Bonchev–Trinajstić information content (AvgIpc) is 2.08. The van der Waals surface area contributed by atoms with E-state index in [-0.39, 0.29) is 0 Å². The summed E-state index contributed by atoms with van der Waals surface area (Å²) in [5.41, 5.74) is -6.29. The smallest absolute Gasteiger partial charge is 0.404 e. The lowest BCUT2D eigenvalue weighted by Crippen LogP contribution is -2.72. The molecule has 1 aliphatic carbocycles. The monoisotopic (exact) mass is 278 g/mol. The second kappa shape index (κ2) is 3.77. The third-order valence-corrected chi connectivity index (χ3v) is 4.10. The van der Waals surface area contributed by atoms with Crippen LogP contribution in [0.3, 0.4) is 0 Å². The summed E-state index contributed by atoms with van der Waals surface area (Å²) >= 11 is 0. The molecule has 0 aromatic rings. The second-order valence-electron chi connectivity index (χ2n) is 4.81. The van der Waals surface area contributed by atoms with Gasteiger partial charge in [0.15, 0.2) is 5.41 Å². The highest BCUT2D eigenvalue weighted by Gasteiger charge is 2.87. The van der Waals surface area contributed by atoms with Crippen molar-refractivity contribution in [3.63, 3.8) is 0 Å². The molecular formula is C10H12F6O2. The number of alkyl halides is 6. The molecule has 0 aromatic heterocycles. The van der Waals surface area contributed by atoms with E-state index in [4.69, 9.17) is 5.11 Å². The molecule has 1 N–H and O–H groups in total. The summed E-state index contributed by atoms with van der Waals surface area (Å²) in [5, 5.41) is 8.62. The summed E-state index contributed by atoms with van der Waals surface area (Å²) in [7, 11) is 0. The third-order valence-electron chi connectivity index (χ3n) is 4.10. The first-order valence-corrected chi connectivity index (χ1v) is 5.21. The number of hydrogen-bond acceptors (Lipinski definition) is 1. The maximum absolute atomic E-state index is 13.0. The molecule has 18 heavy (non-hydrogen) atoms. The van der Waals surface area contributed by atoms with Gasteiger partial charge in [0.2, 0.25) is 0 Å². The summed E-state index contributed by atoms with van der Waals surface area (Å²) in [4.78, 5) is 10.7. The van der Waals surface area contributed by atoms with Crippen molar-refractivity contribution in [2.75, 3.05) is 0 Å². The van der Waals surface area contributed by atoms with Crippen molar-refractivity contribution >= 4 is 5.97 Å². The fraction of sp³-hybridized carbons (Fsp3) is 0.900. The van der Waals surface area contributed by atoms with Crippen molar-refractivity contribution in [2.24, 2.45) is 16.7 Å². The van der Waals surface area contributed by atoms with Crippen LogP contribution in [-0.2, 0) is 4.79 Å². The molecule has 2 unspecified atom stereocenters. The molecule has 0 amide bonds. The van der Waals surface area contributed by atoms with Crippen molar-refractivity contribution in [2.45, 2.75) is 39.0 Å². The van der Waals surface area contributed by atoms with Gasteiger partial charge >= 0.3 is 18.3 Å². The number of carboxylic acid groups (broad SMARTS) is 1. The van der Waals surface area contributed by atoms with Gasteiger partial charge in [-0.15, -0.1) is 0 Å². The first kappa shape index (κ1) is 15.1. The lowest BCUT2D eigenvalue weighted by molar-refractivity contribution is -0.428. The Morgan fingerprint density at radius 2 is 1.61 bits per heavy atom. The molecule has 0 aromatic carbocycles. The zero-order valence-electron chi connectivity index (χ0n) is 9.61. The van der Waals surface area contributed by atoms with E-state index in [0.29, 0.717) is 0 Å². The van der Waals surface area contributed by atoms with Crippen LogP contribution in [0.25, 0.3) is 0 Å². The highest BCUT2D eigenvalue weighted by molar-refractivity contribution is 5.73. The highest BCUT2D eigenvalue weighted by Crippen LogP contribution is 2.74. The standard InChI is InChI=1S/C10H12F6O2/c1-3-7(2)4-5(6(17)18)8(7,9(11,12)13)10(14,15)16/h5H,3-4H2,1-2H3,(H,17,18). The lowest BCUT2D eigenvalue weighted by atomic mass is 9.42. The van der Waals surface area contributed by atoms with Gasteiger partial charge in [0, 0.05) is 0 Å². The van der Waals surface area contributed by atoms with E-state index in [1.54, 1.807) is 0 Å². The first-order chi connectivity index (χ1) is 7.85. The Kier molecular flexibility index (Phi) is 3.17. The fourth-order valence-corrected chi connectivity index (χ4v) is 2.99. The number of halogens is 6. The third kappa shape index (κ3) is 1.53. The van der Waals surface area contributed by atoms with Gasteiger partial charge in [-0.2, -0.15) is 26.3 Å². The molecule has 0 heterocycles. The normalized spacial score (nSPS) is 31.9. The van der Waals surface area contributed by atoms with Gasteiger partial charge in [0.05, 0.1) is 5.92 Å². The average molecular weight is 278 g/mol. The number of rotatable bonds is 2. The topological polar surface area (TPSA) is 37.3 Å². The van der Waals surface area contributed by atoms with Crippen LogP contribution in [0.2, 0.25) is 0 Å². The van der Waals surface area contributed by atoms with Gasteiger partial charge in [-0.1, -0.05) is 13.8 Å². The molecule has 0 saturated heterocycles. The van der Waals surface area contributed by atoms with Crippen LogP contribution in [0.4, 0.5) is 26.3 Å². The predicted octanol–water partition coefficient (Wildman–Crippen LogP) is 3.62. The van der Waals surface area contributed by atoms with Crippen molar-refractivity contribution in [1.29, 1.82) is 0 Å². The molecule has 0 bridgehead atoms. The Morgan fingerprint density at radius 3 is 1.83 bits per heavy atom. The zero-order valence-corrected chi connectivity index (χ0v) is 9.61. The molecule has 2 nitrogen and oxygen atoms in total. The molecule has 0 radical (unpaired) electrons. The fourth-order valence-electron chi connectivity index (χ4n) is 2.99. The van der Waals surface area contributed by atoms with Crippen LogP contribution in [0.5, 0.6) is 0 Å². The van der Waals surface area contributed by atoms with Crippen LogP contribution in [-0.4, -0.2) is 23.4 Å². The van der Waals surface area contributed by atoms with E-state index < -0.39 is 47.9 Å². The molecule has 2 atom stereocenters. The number of hydrogen-bond donors (Lipinski definition) is 1. The summed E-state index contributed by atoms with van der Waals surface area (Å²) in [6, 6.07) is 0. The molecule has 1 aliphatic rings. The Hall–Kier alpha value is -0.950. The highest BCUT2D eigenvalue weighted by atomic mass is 19.4. The summed E-state index contributed by atoms with van der Waals surface area (Å²) < 4.78 is 77.8. The Morgan fingerprint density at radius 1 is 1.22 bits per heavy atom. The molecule has 0 aliphatic heterocycles. The molecule has 1 saturated carbocycles. The Balaban J connectivity index is 3.50. The molecule has 106 valence electrons.